The minimum Gasteiger partial charge on any atom is -0.505 e. The molecular weight excluding hydrogens is 308 g/mol. The van der Waals surface area contributed by atoms with Crippen LogP contribution in [0.15, 0.2) is 18.5 Å². The fourth-order valence-corrected chi connectivity index (χ4v) is 3.19. The summed E-state index contributed by atoms with van der Waals surface area (Å²) in [7, 11) is 0. The van der Waals surface area contributed by atoms with E-state index < -0.39 is 0 Å². The van der Waals surface area contributed by atoms with Crippen LogP contribution in [0.5, 0.6) is 5.75 Å². The lowest BCUT2D eigenvalue weighted by atomic mass is 9.78. The van der Waals surface area contributed by atoms with Gasteiger partial charge in [0.15, 0.2) is 0 Å². The highest BCUT2D eigenvalue weighted by Crippen LogP contribution is 2.33. The molecule has 4 nitrogen and oxygen atoms in total. The summed E-state index contributed by atoms with van der Waals surface area (Å²) in [6.45, 7) is 2.24. The molecule has 5 heteroatoms. The van der Waals surface area contributed by atoms with Crippen LogP contribution in [0.3, 0.4) is 0 Å². The number of nitrogens with zero attached hydrogens (tertiary/aromatic N) is 1. The van der Waals surface area contributed by atoms with Crippen LogP contribution in [0.4, 0.5) is 0 Å². The van der Waals surface area contributed by atoms with Crippen LogP contribution >= 0.6 is 15.9 Å². The van der Waals surface area contributed by atoms with Gasteiger partial charge in [0.1, 0.15) is 5.75 Å². The van der Waals surface area contributed by atoms with Gasteiger partial charge in [0, 0.05) is 11.5 Å². The van der Waals surface area contributed by atoms with Gasteiger partial charge in [-0.3, -0.25) is 9.78 Å². The van der Waals surface area contributed by atoms with E-state index in [2.05, 4.69) is 33.2 Å². The van der Waals surface area contributed by atoms with E-state index in [1.165, 1.54) is 18.5 Å². The molecule has 1 aliphatic rings. The molecule has 0 unspecified atom stereocenters. The summed E-state index contributed by atoms with van der Waals surface area (Å²) in [5.41, 5.74) is 0.0909. The number of hydrogen-bond donors (Lipinski definition) is 2. The van der Waals surface area contributed by atoms with Gasteiger partial charge in [0.2, 0.25) is 0 Å². The number of amides is 1. The van der Waals surface area contributed by atoms with Crippen molar-refractivity contribution in [3.8, 4) is 5.75 Å². The third-order valence-corrected chi connectivity index (χ3v) is 4.98. The predicted molar refractivity (Wildman–Crippen MR) is 77.5 cm³/mol. The molecule has 1 aliphatic carbocycles. The van der Waals surface area contributed by atoms with Crippen molar-refractivity contribution in [2.75, 3.05) is 5.33 Å². The SMILES string of the molecule is CC1CCC(CBr)(NC(=O)c2ccncc2O)CC1. The number of alkyl halides is 1. The number of rotatable bonds is 3. The maximum atomic E-state index is 12.3. The molecule has 1 fully saturated rings. The third kappa shape index (κ3) is 3.26. The van der Waals surface area contributed by atoms with Crippen LogP contribution < -0.4 is 5.32 Å². The number of pyridine rings is 1. The standard InChI is InChI=1S/C14H19BrN2O2/c1-10-2-5-14(9-15,6-3-10)17-13(19)11-4-7-16-8-12(11)18/h4,7-8,10,18H,2-3,5-6,9H2,1H3,(H,17,19). The van der Waals surface area contributed by atoms with Crippen LogP contribution in [0.25, 0.3) is 0 Å². The van der Waals surface area contributed by atoms with E-state index in [-0.39, 0.29) is 22.8 Å². The van der Waals surface area contributed by atoms with E-state index in [1.807, 2.05) is 0 Å². The Hall–Kier alpha value is -1.10. The Morgan fingerprint density at radius 3 is 2.84 bits per heavy atom. The molecule has 0 aromatic carbocycles. The Balaban J connectivity index is 2.11. The molecule has 0 spiro atoms. The topological polar surface area (TPSA) is 62.2 Å². The quantitative estimate of drug-likeness (QED) is 0.839. The molecule has 1 saturated carbocycles. The highest BCUT2D eigenvalue weighted by molar-refractivity contribution is 9.09. The number of hydrogen-bond acceptors (Lipinski definition) is 3. The fraction of sp³-hybridized carbons (Fsp3) is 0.571. The number of halogens is 1. The van der Waals surface area contributed by atoms with E-state index >= 15 is 0 Å². The minimum atomic E-state index is -0.228. The van der Waals surface area contributed by atoms with Gasteiger partial charge < -0.3 is 10.4 Å². The van der Waals surface area contributed by atoms with Crippen LogP contribution in [0.1, 0.15) is 43.0 Å². The molecule has 0 atom stereocenters. The first-order valence-electron chi connectivity index (χ1n) is 6.58. The van der Waals surface area contributed by atoms with Crippen molar-refractivity contribution >= 4 is 21.8 Å². The van der Waals surface area contributed by atoms with Crippen LogP contribution in [-0.4, -0.2) is 26.9 Å². The molecule has 1 aromatic rings. The molecular formula is C14H19BrN2O2. The van der Waals surface area contributed by atoms with E-state index in [4.69, 9.17) is 0 Å². The van der Waals surface area contributed by atoms with Crippen LogP contribution in [0, 0.1) is 5.92 Å². The van der Waals surface area contributed by atoms with Crippen molar-refractivity contribution in [1.82, 2.24) is 10.3 Å². The Kier molecular flexibility index (Phi) is 4.45. The maximum absolute atomic E-state index is 12.3. The van der Waals surface area contributed by atoms with E-state index in [0.717, 1.165) is 36.9 Å². The highest BCUT2D eigenvalue weighted by atomic mass is 79.9. The van der Waals surface area contributed by atoms with E-state index in [1.54, 1.807) is 0 Å². The molecule has 104 valence electrons. The zero-order chi connectivity index (χ0) is 13.9. The number of aromatic nitrogens is 1. The molecule has 1 amide bonds. The molecule has 0 bridgehead atoms. The highest BCUT2D eigenvalue weighted by Gasteiger charge is 2.35. The second-order valence-electron chi connectivity index (χ2n) is 5.44. The molecule has 1 heterocycles. The second-order valence-corrected chi connectivity index (χ2v) is 6.00. The van der Waals surface area contributed by atoms with Gasteiger partial charge >= 0.3 is 0 Å². The van der Waals surface area contributed by atoms with Crippen molar-refractivity contribution in [2.24, 2.45) is 5.92 Å². The van der Waals surface area contributed by atoms with Gasteiger partial charge in [-0.15, -0.1) is 0 Å². The minimum absolute atomic E-state index is 0.0751. The van der Waals surface area contributed by atoms with Crippen LogP contribution in [0.2, 0.25) is 0 Å². The number of aromatic hydroxyl groups is 1. The number of carbonyl (C=O) groups is 1. The van der Waals surface area contributed by atoms with E-state index in [9.17, 15) is 9.90 Å². The van der Waals surface area contributed by atoms with Crippen molar-refractivity contribution in [1.29, 1.82) is 0 Å². The summed E-state index contributed by atoms with van der Waals surface area (Å²) in [5, 5.41) is 13.5. The molecule has 0 aliphatic heterocycles. The lowest BCUT2D eigenvalue weighted by molar-refractivity contribution is 0.0871. The van der Waals surface area contributed by atoms with Crippen molar-refractivity contribution in [3.05, 3.63) is 24.0 Å². The zero-order valence-corrected chi connectivity index (χ0v) is 12.6. The summed E-state index contributed by atoms with van der Waals surface area (Å²) in [6, 6.07) is 1.54. The maximum Gasteiger partial charge on any atom is 0.255 e. The van der Waals surface area contributed by atoms with Crippen molar-refractivity contribution < 1.29 is 9.90 Å². The van der Waals surface area contributed by atoms with Gasteiger partial charge in [-0.25, -0.2) is 0 Å². The molecule has 19 heavy (non-hydrogen) atoms. The zero-order valence-electron chi connectivity index (χ0n) is 11.0. The lowest BCUT2D eigenvalue weighted by Gasteiger charge is -2.39. The van der Waals surface area contributed by atoms with Crippen molar-refractivity contribution in [2.45, 2.75) is 38.1 Å². The molecule has 2 N–H and O–H groups in total. The summed E-state index contributed by atoms with van der Waals surface area (Å²) in [5.74, 6) is 0.418. The molecule has 0 radical (unpaired) electrons. The van der Waals surface area contributed by atoms with Gasteiger partial charge in [0.05, 0.1) is 17.3 Å². The van der Waals surface area contributed by atoms with Gasteiger partial charge in [-0.2, -0.15) is 0 Å². The Labute approximate surface area is 121 Å². The number of carbonyl (C=O) groups excluding carboxylic acids is 1. The second kappa shape index (κ2) is 5.90. The summed E-state index contributed by atoms with van der Waals surface area (Å²) < 4.78 is 0. The largest absolute Gasteiger partial charge is 0.505 e. The summed E-state index contributed by atoms with van der Waals surface area (Å²) in [4.78, 5) is 16.0. The van der Waals surface area contributed by atoms with Crippen molar-refractivity contribution in [3.63, 3.8) is 0 Å². The normalized spacial score (nSPS) is 26.9. The monoisotopic (exact) mass is 326 g/mol. The first kappa shape index (κ1) is 14.3. The predicted octanol–water partition coefficient (Wildman–Crippen LogP) is 2.86. The van der Waals surface area contributed by atoms with Gasteiger partial charge in [-0.05, 0) is 37.7 Å². The first-order chi connectivity index (χ1) is 9.06. The lowest BCUT2D eigenvalue weighted by Crippen LogP contribution is -2.52. The van der Waals surface area contributed by atoms with E-state index in [0.29, 0.717) is 0 Å². The smallest absolute Gasteiger partial charge is 0.255 e. The van der Waals surface area contributed by atoms with Gasteiger partial charge in [0.25, 0.3) is 5.91 Å². The molecule has 1 aromatic heterocycles. The molecule has 2 rings (SSSR count). The Bertz CT molecular complexity index is 457. The first-order valence-corrected chi connectivity index (χ1v) is 7.70. The summed E-state index contributed by atoms with van der Waals surface area (Å²) >= 11 is 3.52. The third-order valence-electron chi connectivity index (χ3n) is 3.91. The average Bonchev–Trinajstić information content (AvgIpc) is 2.42. The Morgan fingerprint density at radius 1 is 1.58 bits per heavy atom. The van der Waals surface area contributed by atoms with Gasteiger partial charge in [-0.1, -0.05) is 22.9 Å². The van der Waals surface area contributed by atoms with Crippen LogP contribution in [-0.2, 0) is 0 Å². The molecule has 0 saturated heterocycles. The Morgan fingerprint density at radius 2 is 2.26 bits per heavy atom. The average molecular weight is 327 g/mol. The fourth-order valence-electron chi connectivity index (χ4n) is 2.49. The number of nitrogens with one attached hydrogen (secondary N) is 1. The summed E-state index contributed by atoms with van der Waals surface area (Å²) in [6.07, 6.45) is 6.98.